The number of ether oxygens (including phenoxy) is 1. The molecule has 0 aliphatic heterocycles. The van der Waals surface area contributed by atoms with Crippen molar-refractivity contribution in [2.45, 2.75) is 13.8 Å². The van der Waals surface area contributed by atoms with Crippen LogP contribution in [0.1, 0.15) is 22.2 Å². The molecule has 0 unspecified atom stereocenters. The fourth-order valence-corrected chi connectivity index (χ4v) is 2.94. The lowest BCUT2D eigenvalue weighted by molar-refractivity contribution is -0.137. The second-order valence-corrected chi connectivity index (χ2v) is 4.81. The summed E-state index contributed by atoms with van der Waals surface area (Å²) in [4.78, 5) is 23.6. The van der Waals surface area contributed by atoms with Gasteiger partial charge < -0.3 is 9.84 Å². The van der Waals surface area contributed by atoms with Crippen molar-refractivity contribution < 1.29 is 19.4 Å². The van der Waals surface area contributed by atoms with Gasteiger partial charge in [0.15, 0.2) is 0 Å². The molecule has 0 saturated carbocycles. The Hall–Kier alpha value is -1.88. The molecule has 0 spiro atoms. The number of benzene rings is 1. The zero-order valence-electron chi connectivity index (χ0n) is 10.0. The second-order valence-electron chi connectivity index (χ2n) is 3.76. The molecule has 0 fully saturated rings. The van der Waals surface area contributed by atoms with Crippen LogP contribution in [0.2, 0.25) is 0 Å². The van der Waals surface area contributed by atoms with E-state index in [1.165, 1.54) is 11.3 Å². The van der Waals surface area contributed by atoms with Gasteiger partial charge in [0.25, 0.3) is 5.78 Å². The molecule has 5 heteroatoms. The SMILES string of the molecule is CCOC(=O)C(=O)c1sc2cccc(O)c2c1C. The van der Waals surface area contributed by atoms with Crippen molar-refractivity contribution in [2.75, 3.05) is 6.61 Å². The minimum Gasteiger partial charge on any atom is -0.507 e. The highest BCUT2D eigenvalue weighted by molar-refractivity contribution is 7.21. The van der Waals surface area contributed by atoms with Crippen LogP contribution in [0, 0.1) is 6.92 Å². The van der Waals surface area contributed by atoms with E-state index in [4.69, 9.17) is 4.74 Å². The Labute approximate surface area is 108 Å². The standard InChI is InChI=1S/C13H12O4S/c1-3-17-13(16)11(15)12-7(2)10-8(14)5-4-6-9(10)18-12/h4-6,14H,3H2,1-2H3. The smallest absolute Gasteiger partial charge is 0.380 e. The summed E-state index contributed by atoms with van der Waals surface area (Å²) in [5.74, 6) is -1.40. The molecule has 0 aliphatic rings. The lowest BCUT2D eigenvalue weighted by Gasteiger charge is -2.00. The Kier molecular flexibility index (Phi) is 3.34. The van der Waals surface area contributed by atoms with Gasteiger partial charge in [0.2, 0.25) is 0 Å². The molecule has 1 aromatic carbocycles. The van der Waals surface area contributed by atoms with Gasteiger partial charge in [0.1, 0.15) is 5.75 Å². The minimum absolute atomic E-state index is 0.115. The predicted molar refractivity (Wildman–Crippen MR) is 69.2 cm³/mol. The Morgan fingerprint density at radius 1 is 1.39 bits per heavy atom. The summed E-state index contributed by atoms with van der Waals surface area (Å²) in [7, 11) is 0. The fraction of sp³-hybridized carbons (Fsp3) is 0.231. The minimum atomic E-state index is -0.855. The van der Waals surface area contributed by atoms with Gasteiger partial charge in [-0.2, -0.15) is 0 Å². The van der Waals surface area contributed by atoms with E-state index in [-0.39, 0.29) is 12.4 Å². The molecule has 0 amide bonds. The Balaban J connectivity index is 2.53. The number of carbonyl (C=O) groups is 2. The first-order valence-corrected chi connectivity index (χ1v) is 6.30. The van der Waals surface area contributed by atoms with Gasteiger partial charge in [-0.25, -0.2) is 4.79 Å². The summed E-state index contributed by atoms with van der Waals surface area (Å²) in [5.41, 5.74) is 0.617. The van der Waals surface area contributed by atoms with Crippen LogP contribution in [0.15, 0.2) is 18.2 Å². The summed E-state index contributed by atoms with van der Waals surface area (Å²) in [5, 5.41) is 10.4. The van der Waals surface area contributed by atoms with Crippen LogP contribution in [0.3, 0.4) is 0 Å². The van der Waals surface area contributed by atoms with E-state index >= 15 is 0 Å². The molecule has 2 rings (SSSR count). The maximum atomic E-state index is 11.9. The topological polar surface area (TPSA) is 63.6 Å². The maximum Gasteiger partial charge on any atom is 0.380 e. The number of thiophene rings is 1. The van der Waals surface area contributed by atoms with E-state index in [1.807, 2.05) is 0 Å². The number of phenols is 1. The largest absolute Gasteiger partial charge is 0.507 e. The van der Waals surface area contributed by atoms with E-state index in [9.17, 15) is 14.7 Å². The van der Waals surface area contributed by atoms with Crippen molar-refractivity contribution >= 4 is 33.2 Å². The highest BCUT2D eigenvalue weighted by Gasteiger charge is 2.24. The van der Waals surface area contributed by atoms with Gasteiger partial charge >= 0.3 is 5.97 Å². The monoisotopic (exact) mass is 264 g/mol. The number of hydrogen-bond acceptors (Lipinski definition) is 5. The van der Waals surface area contributed by atoms with E-state index in [0.29, 0.717) is 15.8 Å². The van der Waals surface area contributed by atoms with Crippen LogP contribution >= 0.6 is 11.3 Å². The fourth-order valence-electron chi connectivity index (χ4n) is 1.79. The average molecular weight is 264 g/mol. The molecule has 0 aliphatic carbocycles. The van der Waals surface area contributed by atoms with Crippen LogP contribution in [-0.4, -0.2) is 23.5 Å². The zero-order chi connectivity index (χ0) is 13.3. The van der Waals surface area contributed by atoms with Crippen molar-refractivity contribution in [3.05, 3.63) is 28.6 Å². The molecular formula is C13H12O4S. The Morgan fingerprint density at radius 3 is 2.72 bits per heavy atom. The third-order valence-corrected chi connectivity index (χ3v) is 3.85. The normalized spacial score (nSPS) is 10.6. The first-order valence-electron chi connectivity index (χ1n) is 5.48. The summed E-state index contributed by atoms with van der Waals surface area (Å²) < 4.78 is 5.47. The summed E-state index contributed by atoms with van der Waals surface area (Å²) >= 11 is 1.19. The van der Waals surface area contributed by atoms with Crippen LogP contribution in [0.25, 0.3) is 10.1 Å². The summed E-state index contributed by atoms with van der Waals surface area (Å²) in [6, 6.07) is 5.06. The lowest BCUT2D eigenvalue weighted by Crippen LogP contribution is -2.17. The summed E-state index contributed by atoms with van der Waals surface area (Å²) in [6.45, 7) is 3.53. The van der Waals surface area contributed by atoms with Gasteiger partial charge in [0, 0.05) is 10.1 Å². The molecule has 0 radical (unpaired) electrons. The van der Waals surface area contributed by atoms with Gasteiger partial charge in [-0.05, 0) is 31.5 Å². The van der Waals surface area contributed by atoms with Gasteiger partial charge in [-0.15, -0.1) is 11.3 Å². The molecule has 0 atom stereocenters. The van der Waals surface area contributed by atoms with Crippen LogP contribution in [0.5, 0.6) is 5.75 Å². The van der Waals surface area contributed by atoms with Crippen molar-refractivity contribution in [1.29, 1.82) is 0 Å². The van der Waals surface area contributed by atoms with Gasteiger partial charge in [0.05, 0.1) is 11.5 Å². The lowest BCUT2D eigenvalue weighted by atomic mass is 10.1. The molecule has 4 nitrogen and oxygen atoms in total. The number of esters is 1. The van der Waals surface area contributed by atoms with Crippen molar-refractivity contribution in [2.24, 2.45) is 0 Å². The van der Waals surface area contributed by atoms with Crippen molar-refractivity contribution in [1.82, 2.24) is 0 Å². The van der Waals surface area contributed by atoms with Crippen LogP contribution < -0.4 is 0 Å². The molecule has 0 bridgehead atoms. The molecular weight excluding hydrogens is 252 g/mol. The average Bonchev–Trinajstić information content (AvgIpc) is 2.67. The Morgan fingerprint density at radius 2 is 2.11 bits per heavy atom. The molecule has 1 heterocycles. The first-order chi connectivity index (χ1) is 8.56. The number of Topliss-reactive ketones (excluding diaryl/α,β-unsaturated/α-hetero) is 1. The second kappa shape index (κ2) is 4.78. The Bertz CT molecular complexity index is 627. The van der Waals surface area contributed by atoms with E-state index in [1.54, 1.807) is 32.0 Å². The van der Waals surface area contributed by atoms with E-state index < -0.39 is 11.8 Å². The number of rotatable bonds is 3. The van der Waals surface area contributed by atoms with E-state index in [0.717, 1.165) is 4.70 Å². The number of phenolic OH excluding ortho intramolecular Hbond substituents is 1. The maximum absolute atomic E-state index is 11.9. The number of aromatic hydroxyl groups is 1. The molecule has 2 aromatic rings. The quantitative estimate of drug-likeness (QED) is 0.526. The number of fused-ring (bicyclic) bond motifs is 1. The third kappa shape index (κ3) is 1.97. The van der Waals surface area contributed by atoms with Crippen molar-refractivity contribution in [3.8, 4) is 5.75 Å². The molecule has 1 N–H and O–H groups in total. The van der Waals surface area contributed by atoms with Crippen LogP contribution in [0.4, 0.5) is 0 Å². The van der Waals surface area contributed by atoms with Gasteiger partial charge in [-0.1, -0.05) is 6.07 Å². The summed E-state index contributed by atoms with van der Waals surface area (Å²) in [6.07, 6.45) is 0. The molecule has 94 valence electrons. The van der Waals surface area contributed by atoms with Gasteiger partial charge in [-0.3, -0.25) is 4.79 Å². The third-order valence-electron chi connectivity index (χ3n) is 2.60. The van der Waals surface area contributed by atoms with Crippen LogP contribution in [-0.2, 0) is 9.53 Å². The highest BCUT2D eigenvalue weighted by Crippen LogP contribution is 2.36. The first kappa shape index (κ1) is 12.6. The van der Waals surface area contributed by atoms with E-state index in [2.05, 4.69) is 0 Å². The number of ketones is 1. The number of hydrogen-bond donors (Lipinski definition) is 1. The highest BCUT2D eigenvalue weighted by atomic mass is 32.1. The number of aryl methyl sites for hydroxylation is 1. The molecule has 1 aromatic heterocycles. The molecule has 18 heavy (non-hydrogen) atoms. The molecule has 0 saturated heterocycles. The zero-order valence-corrected chi connectivity index (χ0v) is 10.8. The number of carbonyl (C=O) groups excluding carboxylic acids is 2. The van der Waals surface area contributed by atoms with Crippen molar-refractivity contribution in [3.63, 3.8) is 0 Å². The predicted octanol–water partition coefficient (Wildman–Crippen LogP) is 2.66.